The number of esters is 1. The summed E-state index contributed by atoms with van der Waals surface area (Å²) in [5.41, 5.74) is 3.92. The van der Waals surface area contributed by atoms with E-state index >= 15 is 0 Å². The molecule has 0 aliphatic rings. The number of nitrogens with one attached hydrogen (secondary N) is 1. The Morgan fingerprint density at radius 1 is 1.06 bits per heavy atom. The number of carbonyl (C=O) groups excluding carboxylic acids is 2. The van der Waals surface area contributed by atoms with Gasteiger partial charge in [0.1, 0.15) is 10.6 Å². The van der Waals surface area contributed by atoms with Crippen LogP contribution in [0.2, 0.25) is 0 Å². The number of ether oxygens (including phenoxy) is 1. The Kier molecular flexibility index (Phi) is 5.91. The first kappa shape index (κ1) is 20.9. The molecule has 0 fully saturated rings. The number of furan rings is 1. The van der Waals surface area contributed by atoms with E-state index in [1.807, 2.05) is 55.5 Å². The molecule has 1 N–H and O–H groups in total. The molecule has 5 nitrogen and oxygen atoms in total. The number of hydrogen-bond acceptors (Lipinski definition) is 5. The first-order chi connectivity index (χ1) is 15.0. The molecule has 4 aromatic rings. The normalized spacial score (nSPS) is 10.9. The van der Waals surface area contributed by atoms with E-state index in [0.29, 0.717) is 16.1 Å². The van der Waals surface area contributed by atoms with E-state index in [4.69, 9.17) is 9.15 Å². The molecule has 0 aliphatic heterocycles. The Labute approximate surface area is 184 Å². The largest absolute Gasteiger partial charge is 0.462 e. The smallest absolute Gasteiger partial charge is 0.341 e. The number of benzene rings is 2. The molecule has 0 radical (unpaired) electrons. The van der Waals surface area contributed by atoms with Gasteiger partial charge in [-0.15, -0.1) is 11.3 Å². The van der Waals surface area contributed by atoms with Crippen LogP contribution in [0.3, 0.4) is 0 Å². The topological polar surface area (TPSA) is 68.5 Å². The van der Waals surface area contributed by atoms with E-state index < -0.39 is 11.9 Å². The molecule has 2 aromatic carbocycles. The van der Waals surface area contributed by atoms with E-state index in [9.17, 15) is 9.59 Å². The third-order valence-electron chi connectivity index (χ3n) is 5.13. The minimum atomic E-state index is -0.467. The molecule has 0 saturated heterocycles. The van der Waals surface area contributed by atoms with Gasteiger partial charge in [0.2, 0.25) is 0 Å². The lowest BCUT2D eigenvalue weighted by Gasteiger charge is -2.05. The second-order valence-electron chi connectivity index (χ2n) is 7.13. The van der Waals surface area contributed by atoms with Gasteiger partial charge in [0.25, 0.3) is 5.91 Å². The third-order valence-corrected chi connectivity index (χ3v) is 6.23. The molecule has 1 amide bonds. The fourth-order valence-corrected chi connectivity index (χ4v) is 4.50. The molecule has 0 bridgehead atoms. The highest BCUT2D eigenvalue weighted by Gasteiger charge is 2.23. The number of fused-ring (bicyclic) bond motifs is 1. The summed E-state index contributed by atoms with van der Waals surface area (Å²) >= 11 is 1.33. The molecule has 4 rings (SSSR count). The summed E-state index contributed by atoms with van der Waals surface area (Å²) in [5, 5.41) is 4.24. The molecule has 6 heteroatoms. The van der Waals surface area contributed by atoms with Crippen molar-refractivity contribution >= 4 is 39.2 Å². The lowest BCUT2D eigenvalue weighted by atomic mass is 10.1. The first-order valence-electron chi connectivity index (χ1n) is 10.2. The Hall–Kier alpha value is -3.38. The van der Waals surface area contributed by atoms with Crippen LogP contribution in [0, 0.1) is 6.92 Å². The Morgan fingerprint density at radius 3 is 2.55 bits per heavy atom. The van der Waals surface area contributed by atoms with Crippen LogP contribution in [0.1, 0.15) is 45.9 Å². The second-order valence-corrected chi connectivity index (χ2v) is 8.19. The monoisotopic (exact) mass is 433 g/mol. The van der Waals surface area contributed by atoms with Gasteiger partial charge in [-0.25, -0.2) is 4.79 Å². The summed E-state index contributed by atoms with van der Waals surface area (Å²) in [6.45, 7) is 5.96. The van der Waals surface area contributed by atoms with E-state index in [2.05, 4.69) is 12.2 Å². The van der Waals surface area contributed by atoms with Gasteiger partial charge in [-0.1, -0.05) is 43.3 Å². The number of hydrogen-bond donors (Lipinski definition) is 1. The molecule has 0 spiro atoms. The van der Waals surface area contributed by atoms with Crippen molar-refractivity contribution < 1.29 is 18.7 Å². The average molecular weight is 434 g/mol. The third kappa shape index (κ3) is 4.11. The van der Waals surface area contributed by atoms with Crippen molar-refractivity contribution in [3.63, 3.8) is 0 Å². The summed E-state index contributed by atoms with van der Waals surface area (Å²) in [7, 11) is 0. The second kappa shape index (κ2) is 8.78. The standard InChI is InChI=1S/C25H23NO4S/c1-4-16-11-12-20-18(13-16)15(3)22(30-20)23(27)26-24-19(25(28)29-5-2)14-21(31-24)17-9-7-6-8-10-17/h6-14H,4-5H2,1-3H3,(H,26,27). The first-order valence-corrected chi connectivity index (χ1v) is 11.0. The van der Waals surface area contributed by atoms with Crippen LogP contribution in [0.5, 0.6) is 0 Å². The minimum Gasteiger partial charge on any atom is -0.462 e. The van der Waals surface area contributed by atoms with Gasteiger partial charge in [-0.3, -0.25) is 4.79 Å². The van der Waals surface area contributed by atoms with Gasteiger partial charge in [-0.2, -0.15) is 0 Å². The van der Waals surface area contributed by atoms with Crippen molar-refractivity contribution in [2.24, 2.45) is 0 Å². The van der Waals surface area contributed by atoms with Crippen LogP contribution in [0.15, 0.2) is 59.0 Å². The minimum absolute atomic E-state index is 0.243. The fraction of sp³-hybridized carbons (Fsp3) is 0.200. The highest BCUT2D eigenvalue weighted by atomic mass is 32.1. The van der Waals surface area contributed by atoms with Gasteiger partial charge in [0.05, 0.1) is 12.2 Å². The SMILES string of the molecule is CCOC(=O)c1cc(-c2ccccc2)sc1NC(=O)c1oc2ccc(CC)cc2c1C. The number of anilines is 1. The van der Waals surface area contributed by atoms with Crippen molar-refractivity contribution in [1.82, 2.24) is 0 Å². The number of thiophene rings is 1. The van der Waals surface area contributed by atoms with Crippen LogP contribution >= 0.6 is 11.3 Å². The maximum absolute atomic E-state index is 13.1. The van der Waals surface area contributed by atoms with Gasteiger partial charge < -0.3 is 14.5 Å². The molecule has 31 heavy (non-hydrogen) atoms. The summed E-state index contributed by atoms with van der Waals surface area (Å²) < 4.78 is 11.0. The molecule has 0 atom stereocenters. The summed E-state index contributed by atoms with van der Waals surface area (Å²) in [6, 6.07) is 17.4. The Morgan fingerprint density at radius 2 is 1.84 bits per heavy atom. The van der Waals surface area contributed by atoms with Crippen LogP contribution in [-0.4, -0.2) is 18.5 Å². The highest BCUT2D eigenvalue weighted by Crippen LogP contribution is 2.37. The number of rotatable bonds is 6. The zero-order chi connectivity index (χ0) is 22.0. The molecule has 0 aliphatic carbocycles. The van der Waals surface area contributed by atoms with Crippen molar-refractivity contribution in [3.8, 4) is 10.4 Å². The predicted octanol–water partition coefficient (Wildman–Crippen LogP) is 6.46. The lowest BCUT2D eigenvalue weighted by Crippen LogP contribution is -2.14. The summed E-state index contributed by atoms with van der Waals surface area (Å²) in [5.74, 6) is -0.614. The molecule has 158 valence electrons. The zero-order valence-corrected chi connectivity index (χ0v) is 18.5. The van der Waals surface area contributed by atoms with Crippen LogP contribution in [-0.2, 0) is 11.2 Å². The maximum Gasteiger partial charge on any atom is 0.341 e. The van der Waals surface area contributed by atoms with E-state index in [0.717, 1.165) is 27.8 Å². The summed E-state index contributed by atoms with van der Waals surface area (Å²) in [4.78, 5) is 26.5. The van der Waals surface area contributed by atoms with Crippen LogP contribution < -0.4 is 5.32 Å². The fourth-order valence-electron chi connectivity index (χ4n) is 3.45. The number of amides is 1. The van der Waals surface area contributed by atoms with Gasteiger partial charge in [0, 0.05) is 15.8 Å². The Bertz CT molecular complexity index is 1250. The molecule has 2 heterocycles. The molecule has 0 saturated carbocycles. The maximum atomic E-state index is 13.1. The van der Waals surface area contributed by atoms with Crippen molar-refractivity contribution in [1.29, 1.82) is 0 Å². The van der Waals surface area contributed by atoms with Gasteiger partial charge in [0.15, 0.2) is 5.76 Å². The van der Waals surface area contributed by atoms with Gasteiger partial charge >= 0.3 is 5.97 Å². The van der Waals surface area contributed by atoms with Crippen LogP contribution in [0.25, 0.3) is 21.4 Å². The lowest BCUT2D eigenvalue weighted by molar-refractivity contribution is 0.0528. The quantitative estimate of drug-likeness (QED) is 0.354. The van der Waals surface area contributed by atoms with E-state index in [1.165, 1.54) is 16.9 Å². The van der Waals surface area contributed by atoms with E-state index in [1.54, 1.807) is 13.0 Å². The van der Waals surface area contributed by atoms with Crippen molar-refractivity contribution in [2.75, 3.05) is 11.9 Å². The molecule has 0 unspecified atom stereocenters. The van der Waals surface area contributed by atoms with Crippen LogP contribution in [0.4, 0.5) is 5.00 Å². The zero-order valence-electron chi connectivity index (χ0n) is 17.7. The molecular formula is C25H23NO4S. The molecule has 2 aromatic heterocycles. The van der Waals surface area contributed by atoms with Crippen molar-refractivity contribution in [3.05, 3.63) is 77.0 Å². The van der Waals surface area contributed by atoms with E-state index in [-0.39, 0.29) is 12.4 Å². The number of aryl methyl sites for hydroxylation is 2. The summed E-state index contributed by atoms with van der Waals surface area (Å²) in [6.07, 6.45) is 0.905. The van der Waals surface area contributed by atoms with Crippen molar-refractivity contribution in [2.45, 2.75) is 27.2 Å². The number of carbonyl (C=O) groups is 2. The highest BCUT2D eigenvalue weighted by molar-refractivity contribution is 7.20. The van der Waals surface area contributed by atoms with Gasteiger partial charge in [-0.05, 0) is 49.6 Å². The molecular weight excluding hydrogens is 410 g/mol. The predicted molar refractivity (Wildman–Crippen MR) is 124 cm³/mol. The average Bonchev–Trinajstić information content (AvgIpc) is 3.35. The Balaban J connectivity index is 1.70.